The zero-order valence-electron chi connectivity index (χ0n) is 28.0. The van der Waals surface area contributed by atoms with E-state index in [1.165, 1.54) is 7.11 Å². The quantitative estimate of drug-likeness (QED) is 0.197. The summed E-state index contributed by atoms with van der Waals surface area (Å²) in [5, 5.41) is 28.6. The number of aliphatic hydroxyl groups excluding tert-OH is 1. The van der Waals surface area contributed by atoms with Gasteiger partial charge < -0.3 is 33.7 Å². The van der Waals surface area contributed by atoms with Crippen molar-refractivity contribution in [1.29, 1.82) is 0 Å². The molecule has 0 saturated heterocycles. The van der Waals surface area contributed by atoms with Crippen LogP contribution in [0.15, 0.2) is 82.6 Å². The molecule has 11 nitrogen and oxygen atoms in total. The van der Waals surface area contributed by atoms with E-state index in [1.54, 1.807) is 25.1 Å². The molecule has 3 aromatic carbocycles. The van der Waals surface area contributed by atoms with Gasteiger partial charge in [-0.2, -0.15) is 0 Å². The number of carbonyl (C=O) groups excluding carboxylic acids is 3. The lowest BCUT2D eigenvalue weighted by Crippen LogP contribution is -2.59. The smallest absolute Gasteiger partial charge is 0.265 e. The monoisotopic (exact) mass is 678 g/mol. The summed E-state index contributed by atoms with van der Waals surface area (Å²) in [6, 6.07) is 19.9. The number of methoxy groups -OCH3 is 1. The number of hydrogen-bond donors (Lipinski definition) is 2. The molecule has 11 heteroatoms. The van der Waals surface area contributed by atoms with Crippen molar-refractivity contribution in [2.75, 3.05) is 21.2 Å². The highest BCUT2D eigenvalue weighted by atomic mass is 16.5. The van der Waals surface area contributed by atoms with E-state index in [-0.39, 0.29) is 73.0 Å². The van der Waals surface area contributed by atoms with Crippen LogP contribution in [0.3, 0.4) is 0 Å². The van der Waals surface area contributed by atoms with Crippen molar-refractivity contribution in [1.82, 2.24) is 10.1 Å². The second kappa shape index (κ2) is 13.2. The summed E-state index contributed by atoms with van der Waals surface area (Å²) in [6.07, 6.45) is 1.71. The molecule has 1 aromatic heterocycles. The summed E-state index contributed by atoms with van der Waals surface area (Å²) in [5.74, 6) is -2.70. The average Bonchev–Trinajstić information content (AvgIpc) is 3.54. The van der Waals surface area contributed by atoms with Crippen molar-refractivity contribution in [3.63, 3.8) is 0 Å². The van der Waals surface area contributed by atoms with E-state index in [0.29, 0.717) is 16.9 Å². The van der Waals surface area contributed by atoms with Gasteiger partial charge in [0.25, 0.3) is 5.88 Å². The third kappa shape index (κ3) is 5.37. The van der Waals surface area contributed by atoms with Crippen LogP contribution in [0, 0.1) is 11.8 Å². The van der Waals surface area contributed by atoms with E-state index >= 15 is 0 Å². The number of ketones is 2. The molecular formula is C39H38N2O9. The Balaban J connectivity index is 1.34. The largest absolute Gasteiger partial charge is 0.508 e. The number of aromatic nitrogens is 1. The number of nitrogens with zero attached hydrogens (tertiary/aromatic N) is 2. The first-order valence-electron chi connectivity index (χ1n) is 16.6. The number of rotatable bonds is 11. The first-order chi connectivity index (χ1) is 24.2. The second-order valence-corrected chi connectivity index (χ2v) is 13.2. The van der Waals surface area contributed by atoms with Gasteiger partial charge in [-0.3, -0.25) is 14.5 Å². The SMILES string of the molecule is COc1cc(CCC=O)c(OCc2ccccc2)c2c1C[C@H]1C[C@H]3[C@H](N(C)C)c4onc(OCc5ccccc5)c4C(=O)[C@@]3(O)C(O)=C1C2=O. The maximum absolute atomic E-state index is 14.7. The maximum Gasteiger partial charge on any atom is 0.265 e. The van der Waals surface area contributed by atoms with Gasteiger partial charge in [-0.25, -0.2) is 0 Å². The number of Topliss-reactive ketones (excluding diaryl/α,β-unsaturated/α-hetero) is 2. The van der Waals surface area contributed by atoms with Crippen molar-refractivity contribution in [3.05, 3.63) is 117 Å². The maximum atomic E-state index is 14.7. The zero-order valence-corrected chi connectivity index (χ0v) is 28.0. The lowest BCUT2D eigenvalue weighted by molar-refractivity contribution is -0.107. The topological polar surface area (TPSA) is 149 Å². The van der Waals surface area contributed by atoms with Crippen LogP contribution in [0.2, 0.25) is 0 Å². The molecular weight excluding hydrogens is 640 g/mol. The molecule has 0 saturated carbocycles. The fourth-order valence-electron chi connectivity index (χ4n) is 7.80. The Bertz CT molecular complexity index is 1990. The van der Waals surface area contributed by atoms with Gasteiger partial charge in [0, 0.05) is 23.5 Å². The van der Waals surface area contributed by atoms with Gasteiger partial charge in [-0.15, -0.1) is 0 Å². The Morgan fingerprint density at radius 3 is 2.28 bits per heavy atom. The van der Waals surface area contributed by atoms with E-state index in [4.69, 9.17) is 18.7 Å². The zero-order chi connectivity index (χ0) is 35.2. The Labute approximate surface area is 289 Å². The summed E-state index contributed by atoms with van der Waals surface area (Å²) < 4.78 is 23.8. The predicted octanol–water partition coefficient (Wildman–Crippen LogP) is 5.39. The van der Waals surface area contributed by atoms with Crippen LogP contribution in [0.5, 0.6) is 17.4 Å². The van der Waals surface area contributed by atoms with Gasteiger partial charge in [0.05, 0.1) is 18.7 Å². The molecule has 0 radical (unpaired) electrons. The molecule has 0 unspecified atom stereocenters. The van der Waals surface area contributed by atoms with Crippen molar-refractivity contribution in [2.45, 2.75) is 50.5 Å². The summed E-state index contributed by atoms with van der Waals surface area (Å²) in [6.45, 7) is 0.235. The molecule has 1 heterocycles. The number of carbonyl (C=O) groups is 3. The van der Waals surface area contributed by atoms with Crippen LogP contribution in [0.1, 0.15) is 67.6 Å². The minimum atomic E-state index is -2.47. The van der Waals surface area contributed by atoms with E-state index in [1.807, 2.05) is 60.7 Å². The number of ether oxygens (including phenoxy) is 3. The number of benzene rings is 3. The average molecular weight is 679 g/mol. The van der Waals surface area contributed by atoms with Crippen LogP contribution < -0.4 is 14.2 Å². The predicted molar refractivity (Wildman–Crippen MR) is 180 cm³/mol. The van der Waals surface area contributed by atoms with Gasteiger partial charge in [-0.05, 0) is 67.2 Å². The van der Waals surface area contributed by atoms with Gasteiger partial charge in [-0.1, -0.05) is 60.7 Å². The molecule has 7 rings (SSSR count). The molecule has 0 bridgehead atoms. The molecule has 3 aliphatic carbocycles. The molecule has 4 atom stereocenters. The fraction of sp³-hybridized carbons (Fsp3) is 0.333. The van der Waals surface area contributed by atoms with E-state index in [0.717, 1.165) is 17.4 Å². The van der Waals surface area contributed by atoms with E-state index in [9.17, 15) is 24.6 Å². The summed E-state index contributed by atoms with van der Waals surface area (Å²) in [4.78, 5) is 42.4. The molecule has 50 heavy (non-hydrogen) atoms. The molecule has 0 aliphatic heterocycles. The van der Waals surface area contributed by atoms with Crippen LogP contribution >= 0.6 is 0 Å². The third-order valence-electron chi connectivity index (χ3n) is 10.1. The highest BCUT2D eigenvalue weighted by molar-refractivity contribution is 6.16. The normalized spacial score (nSPS) is 22.4. The number of aldehydes is 1. The highest BCUT2D eigenvalue weighted by Crippen LogP contribution is 2.57. The number of allylic oxidation sites excluding steroid dienone is 1. The van der Waals surface area contributed by atoms with E-state index < -0.39 is 40.8 Å². The fourth-order valence-corrected chi connectivity index (χ4v) is 7.80. The third-order valence-corrected chi connectivity index (χ3v) is 10.1. The molecule has 258 valence electrons. The first kappa shape index (κ1) is 33.2. The standard InChI is InChI=1S/C39H38N2O9/c1-41(2)32-27-18-25-17-26-28(47-3)19-24(15-10-16-42)34(48-20-22-11-6-4-7-12-22)30(26)33(43)29(25)36(44)39(27,46)37(45)31-35(32)50-40-38(31)49-21-23-13-8-5-9-14-23/h4-9,11-14,16,19,25,27,32,44,46H,10,15,17-18,20-21H2,1-3H3/t25-,27-,32-,39-/m0/s1. The number of fused-ring (bicyclic) bond motifs is 4. The van der Waals surface area contributed by atoms with Gasteiger partial charge in [0.1, 0.15) is 42.3 Å². The summed E-state index contributed by atoms with van der Waals surface area (Å²) in [7, 11) is 5.09. The molecule has 0 spiro atoms. The van der Waals surface area contributed by atoms with Crippen molar-refractivity contribution < 1.29 is 43.3 Å². The second-order valence-electron chi connectivity index (χ2n) is 13.2. The van der Waals surface area contributed by atoms with E-state index in [2.05, 4.69) is 5.16 Å². The van der Waals surface area contributed by atoms with Gasteiger partial charge in [0.2, 0.25) is 5.78 Å². The molecule has 2 N–H and O–H groups in total. The van der Waals surface area contributed by atoms with Crippen molar-refractivity contribution >= 4 is 17.9 Å². The van der Waals surface area contributed by atoms with Crippen LogP contribution in [-0.2, 0) is 30.8 Å². The first-order valence-corrected chi connectivity index (χ1v) is 16.6. The molecule has 0 amide bonds. The van der Waals surface area contributed by atoms with Crippen molar-refractivity contribution in [2.24, 2.45) is 11.8 Å². The van der Waals surface area contributed by atoms with Crippen LogP contribution in [-0.4, -0.2) is 64.9 Å². The summed E-state index contributed by atoms with van der Waals surface area (Å²) >= 11 is 0. The minimum Gasteiger partial charge on any atom is -0.508 e. The molecule has 3 aliphatic rings. The Morgan fingerprint density at radius 1 is 1.00 bits per heavy atom. The molecule has 0 fully saturated rings. The van der Waals surface area contributed by atoms with Gasteiger partial charge >= 0.3 is 0 Å². The Kier molecular flexibility index (Phi) is 8.79. The van der Waals surface area contributed by atoms with Gasteiger partial charge in [0.15, 0.2) is 17.1 Å². The van der Waals surface area contributed by atoms with Crippen LogP contribution in [0.25, 0.3) is 0 Å². The molecule has 4 aromatic rings. The highest BCUT2D eigenvalue weighted by Gasteiger charge is 2.64. The lowest BCUT2D eigenvalue weighted by atomic mass is 9.58. The lowest BCUT2D eigenvalue weighted by Gasteiger charge is -2.49. The minimum absolute atomic E-state index is 0.0482. The van der Waals surface area contributed by atoms with Crippen LogP contribution in [0.4, 0.5) is 0 Å². The number of hydrogen-bond acceptors (Lipinski definition) is 11. The number of aliphatic hydroxyl groups is 2. The number of aryl methyl sites for hydroxylation is 1. The Hall–Kier alpha value is -5.26. The van der Waals surface area contributed by atoms with Crippen molar-refractivity contribution in [3.8, 4) is 17.4 Å². The summed E-state index contributed by atoms with van der Waals surface area (Å²) in [5.41, 5.74) is 0.492. The Morgan fingerprint density at radius 2 is 1.66 bits per heavy atom.